The zero-order chi connectivity index (χ0) is 10.8. The van der Waals surface area contributed by atoms with Crippen LogP contribution >= 0.6 is 0 Å². The lowest BCUT2D eigenvalue weighted by molar-refractivity contribution is 0.158. The smallest absolute Gasteiger partial charge is 0.0983 e. The quantitative estimate of drug-likeness (QED) is 0.533. The topological polar surface area (TPSA) is 27.1 Å². The predicted octanol–water partition coefficient (Wildman–Crippen LogP) is 3.13. The number of likely N-dealkylation sites (tertiary alicyclic amines) is 1. The van der Waals surface area contributed by atoms with Gasteiger partial charge in [-0.15, -0.1) is 0 Å². The van der Waals surface area contributed by atoms with Crippen molar-refractivity contribution in [3.8, 4) is 0 Å². The van der Waals surface area contributed by atoms with Crippen LogP contribution in [-0.4, -0.2) is 23.8 Å². The Morgan fingerprint density at radius 1 is 1.36 bits per heavy atom. The first kappa shape index (κ1) is 11.5. The predicted molar refractivity (Wildman–Crippen MR) is 61.8 cm³/mol. The van der Waals surface area contributed by atoms with Gasteiger partial charge in [-0.1, -0.05) is 34.1 Å². The van der Waals surface area contributed by atoms with E-state index in [-0.39, 0.29) is 0 Å². The summed E-state index contributed by atoms with van der Waals surface area (Å²) >= 11 is 0. The first-order chi connectivity index (χ1) is 6.48. The maximum absolute atomic E-state index is 7.95. The van der Waals surface area contributed by atoms with E-state index < -0.39 is 0 Å². The fourth-order valence-corrected chi connectivity index (χ4v) is 2.01. The molecular weight excluding hydrogens is 172 g/mol. The normalized spacial score (nSPS) is 21.4. The van der Waals surface area contributed by atoms with Gasteiger partial charge in [-0.25, -0.2) is 0 Å². The van der Waals surface area contributed by atoms with E-state index in [9.17, 15) is 0 Å². The van der Waals surface area contributed by atoms with E-state index in [1.807, 2.05) is 0 Å². The highest BCUT2D eigenvalue weighted by Crippen LogP contribution is 2.34. The molecule has 1 aliphatic rings. The number of hydrogen-bond acceptors (Lipinski definition) is 1. The Labute approximate surface area is 88.2 Å². The number of piperidine rings is 1. The molecule has 0 bridgehead atoms. The van der Waals surface area contributed by atoms with Gasteiger partial charge in [0, 0.05) is 19.0 Å². The molecule has 0 aliphatic carbocycles. The van der Waals surface area contributed by atoms with Crippen LogP contribution in [0.25, 0.3) is 0 Å². The average Bonchev–Trinajstić information content (AvgIpc) is 2.18. The van der Waals surface area contributed by atoms with E-state index in [2.05, 4.69) is 32.6 Å². The Morgan fingerprint density at radius 3 is 2.21 bits per heavy atom. The molecule has 1 N–H and O–H groups in total. The van der Waals surface area contributed by atoms with Gasteiger partial charge >= 0.3 is 0 Å². The van der Waals surface area contributed by atoms with Crippen LogP contribution in [0.2, 0.25) is 0 Å². The van der Waals surface area contributed by atoms with Crippen molar-refractivity contribution in [3.63, 3.8) is 0 Å². The van der Waals surface area contributed by atoms with Crippen molar-refractivity contribution in [1.29, 1.82) is 5.41 Å². The minimum Gasteiger partial charge on any atom is -0.360 e. The summed E-state index contributed by atoms with van der Waals surface area (Å²) in [6.07, 6.45) is 3.77. The second-order valence-electron chi connectivity index (χ2n) is 5.19. The summed E-state index contributed by atoms with van der Waals surface area (Å²) in [6, 6.07) is 0. The molecule has 0 aromatic carbocycles. The summed E-state index contributed by atoms with van der Waals surface area (Å²) in [4.78, 5) is 2.25. The van der Waals surface area contributed by atoms with Crippen molar-refractivity contribution in [2.45, 2.75) is 47.0 Å². The Balaban J connectivity index is 2.47. The first-order valence-electron chi connectivity index (χ1n) is 5.82. The van der Waals surface area contributed by atoms with E-state index in [0.717, 1.165) is 18.9 Å². The second-order valence-corrected chi connectivity index (χ2v) is 5.19. The molecule has 0 atom stereocenters. The molecule has 82 valence electrons. The van der Waals surface area contributed by atoms with Crippen molar-refractivity contribution >= 4 is 5.84 Å². The highest BCUT2D eigenvalue weighted by molar-refractivity contribution is 5.81. The zero-order valence-electron chi connectivity index (χ0n) is 10.1. The Bertz CT molecular complexity index is 200. The second kappa shape index (κ2) is 4.33. The lowest BCUT2D eigenvalue weighted by Crippen LogP contribution is -2.43. The van der Waals surface area contributed by atoms with Gasteiger partial charge in [0.1, 0.15) is 0 Å². The molecule has 1 fully saturated rings. The van der Waals surface area contributed by atoms with Gasteiger partial charge in [-0.3, -0.25) is 5.41 Å². The van der Waals surface area contributed by atoms with Crippen molar-refractivity contribution in [2.75, 3.05) is 13.1 Å². The monoisotopic (exact) mass is 196 g/mol. The Hall–Kier alpha value is -0.530. The molecule has 2 nitrogen and oxygen atoms in total. The molecule has 0 saturated carbocycles. The Kier molecular flexibility index (Phi) is 3.57. The minimum atomic E-state index is 0.376. The van der Waals surface area contributed by atoms with Crippen LogP contribution in [0, 0.1) is 16.7 Å². The molecule has 1 heterocycles. The van der Waals surface area contributed by atoms with Gasteiger partial charge in [-0.05, 0) is 18.3 Å². The fraction of sp³-hybridized carbons (Fsp3) is 0.917. The van der Waals surface area contributed by atoms with Crippen molar-refractivity contribution < 1.29 is 0 Å². The molecule has 0 spiro atoms. The van der Waals surface area contributed by atoms with E-state index in [1.54, 1.807) is 0 Å². The van der Waals surface area contributed by atoms with Crippen molar-refractivity contribution in [3.05, 3.63) is 0 Å². The highest BCUT2D eigenvalue weighted by Gasteiger charge is 2.29. The molecule has 1 saturated heterocycles. The van der Waals surface area contributed by atoms with Gasteiger partial charge in [0.15, 0.2) is 0 Å². The first-order valence-corrected chi connectivity index (χ1v) is 5.82. The van der Waals surface area contributed by atoms with Crippen LogP contribution in [0.3, 0.4) is 0 Å². The summed E-state index contributed by atoms with van der Waals surface area (Å²) in [5.74, 6) is 1.20. The van der Waals surface area contributed by atoms with Crippen LogP contribution in [0.4, 0.5) is 0 Å². The molecule has 0 aromatic heterocycles. The van der Waals surface area contributed by atoms with E-state index >= 15 is 0 Å². The van der Waals surface area contributed by atoms with E-state index in [0.29, 0.717) is 11.3 Å². The van der Waals surface area contributed by atoms with Crippen LogP contribution < -0.4 is 0 Å². The van der Waals surface area contributed by atoms with Crippen LogP contribution in [0.5, 0.6) is 0 Å². The molecule has 2 heteroatoms. The number of nitrogens with zero attached hydrogens (tertiary/aromatic N) is 1. The number of nitrogens with one attached hydrogen (secondary N) is 1. The van der Waals surface area contributed by atoms with E-state index in [1.165, 1.54) is 19.3 Å². The maximum atomic E-state index is 7.95. The molecular formula is C12H24N2. The van der Waals surface area contributed by atoms with Crippen LogP contribution in [0.1, 0.15) is 47.0 Å². The van der Waals surface area contributed by atoms with Gasteiger partial charge in [0.2, 0.25) is 0 Å². The highest BCUT2D eigenvalue weighted by atomic mass is 15.2. The summed E-state index contributed by atoms with van der Waals surface area (Å²) in [5.41, 5.74) is 0.535. The van der Waals surface area contributed by atoms with Crippen LogP contribution in [0.15, 0.2) is 0 Å². The average molecular weight is 196 g/mol. The molecule has 0 aromatic rings. The molecule has 1 rings (SSSR count). The third-order valence-corrected chi connectivity index (χ3v) is 3.71. The van der Waals surface area contributed by atoms with Crippen LogP contribution in [-0.2, 0) is 0 Å². The zero-order valence-corrected chi connectivity index (χ0v) is 10.1. The van der Waals surface area contributed by atoms with E-state index in [4.69, 9.17) is 5.41 Å². The summed E-state index contributed by atoms with van der Waals surface area (Å²) in [7, 11) is 0. The standard InChI is InChI=1S/C12H24N2/c1-5-12(4)6-8-14(9-7-12)11(13)10(2)3/h10,13H,5-9H2,1-4H3. The molecule has 0 unspecified atom stereocenters. The molecule has 0 amide bonds. The summed E-state index contributed by atoms with van der Waals surface area (Å²) < 4.78 is 0. The third kappa shape index (κ3) is 2.49. The molecule has 1 aliphatic heterocycles. The van der Waals surface area contributed by atoms with Crippen molar-refractivity contribution in [1.82, 2.24) is 4.90 Å². The lowest BCUT2D eigenvalue weighted by atomic mass is 9.78. The Morgan fingerprint density at radius 2 is 1.86 bits per heavy atom. The lowest BCUT2D eigenvalue weighted by Gasteiger charge is -2.40. The van der Waals surface area contributed by atoms with Gasteiger partial charge < -0.3 is 4.90 Å². The fourth-order valence-electron chi connectivity index (χ4n) is 2.01. The van der Waals surface area contributed by atoms with Gasteiger partial charge in [0.25, 0.3) is 0 Å². The number of amidine groups is 1. The summed E-state index contributed by atoms with van der Waals surface area (Å²) in [6.45, 7) is 11.0. The van der Waals surface area contributed by atoms with Crippen molar-refractivity contribution in [2.24, 2.45) is 11.3 Å². The largest absolute Gasteiger partial charge is 0.360 e. The molecule has 14 heavy (non-hydrogen) atoms. The minimum absolute atomic E-state index is 0.376. The van der Waals surface area contributed by atoms with Gasteiger partial charge in [-0.2, -0.15) is 0 Å². The summed E-state index contributed by atoms with van der Waals surface area (Å²) in [5, 5.41) is 7.95. The number of hydrogen-bond donors (Lipinski definition) is 1. The molecule has 0 radical (unpaired) electrons. The number of rotatable bonds is 2. The maximum Gasteiger partial charge on any atom is 0.0983 e. The SMILES string of the molecule is CCC1(C)CCN(C(=N)C(C)C)CC1. The third-order valence-electron chi connectivity index (χ3n) is 3.71. The van der Waals surface area contributed by atoms with Gasteiger partial charge in [0.05, 0.1) is 5.84 Å².